The molecule has 1 heterocycles. The highest BCUT2D eigenvalue weighted by Crippen LogP contribution is 2.15. The molecule has 0 bridgehead atoms. The van der Waals surface area contributed by atoms with Crippen molar-refractivity contribution in [2.24, 2.45) is 0 Å². The summed E-state index contributed by atoms with van der Waals surface area (Å²) in [5.41, 5.74) is 1.69. The molecule has 7 nitrogen and oxygen atoms in total. The van der Waals surface area contributed by atoms with Crippen LogP contribution in [-0.2, 0) is 16.1 Å². The van der Waals surface area contributed by atoms with E-state index in [-0.39, 0.29) is 17.0 Å². The molecule has 0 saturated carbocycles. The number of nitrogens with one attached hydrogen (secondary N) is 1. The van der Waals surface area contributed by atoms with Crippen molar-refractivity contribution in [1.29, 1.82) is 0 Å². The average molecular weight is 331 g/mol. The molecule has 0 aliphatic rings. The van der Waals surface area contributed by atoms with Crippen LogP contribution < -0.4 is 10.9 Å². The highest BCUT2D eigenvalue weighted by atomic mass is 16.5. The lowest BCUT2D eigenvalue weighted by Crippen LogP contribution is -2.35. The standard InChI is InChI=1S/C17H21N3O4/c1-5-18-15(21)11(4)24-17(23)12-7-8-14-13(9-12)19-10(3)16(22)20(14)6-2/h7-9,11H,5-6H2,1-4H3,(H,18,21)/t11-/m1/s1. The summed E-state index contributed by atoms with van der Waals surface area (Å²) in [4.78, 5) is 40.2. The first kappa shape index (κ1) is 17.7. The predicted molar refractivity (Wildman–Crippen MR) is 90.0 cm³/mol. The number of aromatic nitrogens is 2. The Hall–Kier alpha value is -2.70. The van der Waals surface area contributed by atoms with Crippen LogP contribution >= 0.6 is 0 Å². The van der Waals surface area contributed by atoms with Crippen molar-refractivity contribution in [1.82, 2.24) is 14.9 Å². The van der Waals surface area contributed by atoms with E-state index in [1.807, 2.05) is 6.92 Å². The smallest absolute Gasteiger partial charge is 0.338 e. The Morgan fingerprint density at radius 3 is 2.67 bits per heavy atom. The van der Waals surface area contributed by atoms with E-state index in [1.54, 1.807) is 36.6 Å². The Bertz CT molecular complexity index is 842. The van der Waals surface area contributed by atoms with Crippen LogP contribution in [0.2, 0.25) is 0 Å². The van der Waals surface area contributed by atoms with Gasteiger partial charge in [0, 0.05) is 13.1 Å². The second-order valence-corrected chi connectivity index (χ2v) is 5.39. The Morgan fingerprint density at radius 1 is 1.33 bits per heavy atom. The van der Waals surface area contributed by atoms with E-state index in [2.05, 4.69) is 10.3 Å². The van der Waals surface area contributed by atoms with Crippen LogP contribution in [0.25, 0.3) is 11.0 Å². The summed E-state index contributed by atoms with van der Waals surface area (Å²) in [6, 6.07) is 4.80. The molecule has 0 aliphatic carbocycles. The number of ether oxygens (including phenoxy) is 1. The van der Waals surface area contributed by atoms with Gasteiger partial charge in [0.25, 0.3) is 11.5 Å². The lowest BCUT2D eigenvalue weighted by molar-refractivity contribution is -0.128. The van der Waals surface area contributed by atoms with Gasteiger partial charge in [-0.2, -0.15) is 0 Å². The summed E-state index contributed by atoms with van der Waals surface area (Å²) < 4.78 is 6.76. The molecule has 7 heteroatoms. The number of hydrogen-bond acceptors (Lipinski definition) is 5. The van der Waals surface area contributed by atoms with Crippen molar-refractivity contribution in [2.45, 2.75) is 40.3 Å². The third-order valence-corrected chi connectivity index (χ3v) is 3.67. The molecular formula is C17H21N3O4. The van der Waals surface area contributed by atoms with E-state index in [9.17, 15) is 14.4 Å². The lowest BCUT2D eigenvalue weighted by atomic mass is 10.2. The second kappa shape index (κ2) is 7.25. The van der Waals surface area contributed by atoms with E-state index >= 15 is 0 Å². The third-order valence-electron chi connectivity index (χ3n) is 3.67. The number of likely N-dealkylation sites (N-methyl/N-ethyl adjacent to an activating group) is 1. The minimum Gasteiger partial charge on any atom is -0.449 e. The number of amides is 1. The van der Waals surface area contributed by atoms with Gasteiger partial charge in [0.1, 0.15) is 5.69 Å². The molecule has 0 fully saturated rings. The molecule has 1 aromatic heterocycles. The fraction of sp³-hybridized carbons (Fsp3) is 0.412. The van der Waals surface area contributed by atoms with Crippen LogP contribution in [0.15, 0.2) is 23.0 Å². The van der Waals surface area contributed by atoms with Crippen LogP contribution in [-0.4, -0.2) is 34.1 Å². The van der Waals surface area contributed by atoms with Crippen molar-refractivity contribution in [2.75, 3.05) is 6.54 Å². The van der Waals surface area contributed by atoms with Crippen molar-refractivity contribution in [3.05, 3.63) is 39.8 Å². The summed E-state index contributed by atoms with van der Waals surface area (Å²) in [6.45, 7) is 7.79. The molecule has 2 rings (SSSR count). The minimum absolute atomic E-state index is 0.148. The van der Waals surface area contributed by atoms with Gasteiger partial charge in [0.05, 0.1) is 16.6 Å². The van der Waals surface area contributed by atoms with E-state index in [0.717, 1.165) is 0 Å². The molecule has 0 saturated heterocycles. The summed E-state index contributed by atoms with van der Waals surface area (Å²) >= 11 is 0. The zero-order valence-corrected chi connectivity index (χ0v) is 14.3. The number of carbonyl (C=O) groups excluding carboxylic acids is 2. The molecule has 1 N–H and O–H groups in total. The summed E-state index contributed by atoms with van der Waals surface area (Å²) in [5.74, 6) is -0.954. The minimum atomic E-state index is -0.882. The first-order valence-corrected chi connectivity index (χ1v) is 7.88. The lowest BCUT2D eigenvalue weighted by Gasteiger charge is -2.13. The van der Waals surface area contributed by atoms with Gasteiger partial charge in [0.15, 0.2) is 6.10 Å². The summed E-state index contributed by atoms with van der Waals surface area (Å²) in [7, 11) is 0. The van der Waals surface area contributed by atoms with E-state index in [4.69, 9.17) is 4.74 Å². The van der Waals surface area contributed by atoms with Gasteiger partial charge in [-0.1, -0.05) is 0 Å². The zero-order valence-electron chi connectivity index (χ0n) is 14.3. The highest BCUT2D eigenvalue weighted by Gasteiger charge is 2.19. The molecular weight excluding hydrogens is 310 g/mol. The van der Waals surface area contributed by atoms with Crippen LogP contribution in [0.5, 0.6) is 0 Å². The fourth-order valence-electron chi connectivity index (χ4n) is 2.42. The van der Waals surface area contributed by atoms with Crippen molar-refractivity contribution >= 4 is 22.9 Å². The van der Waals surface area contributed by atoms with Crippen LogP contribution in [0.1, 0.15) is 36.8 Å². The zero-order chi connectivity index (χ0) is 17.9. The molecule has 0 spiro atoms. The Morgan fingerprint density at radius 2 is 2.04 bits per heavy atom. The maximum atomic E-state index is 12.2. The van der Waals surface area contributed by atoms with Crippen molar-refractivity contribution in [3.8, 4) is 0 Å². The largest absolute Gasteiger partial charge is 0.449 e. The molecule has 1 amide bonds. The number of hydrogen-bond donors (Lipinski definition) is 1. The molecule has 24 heavy (non-hydrogen) atoms. The number of rotatable bonds is 5. The maximum Gasteiger partial charge on any atom is 0.338 e. The van der Waals surface area contributed by atoms with Gasteiger partial charge in [0.2, 0.25) is 0 Å². The normalized spacial score (nSPS) is 12.0. The molecule has 128 valence electrons. The Kier molecular flexibility index (Phi) is 5.33. The fourth-order valence-corrected chi connectivity index (χ4v) is 2.42. The predicted octanol–water partition coefficient (Wildman–Crippen LogP) is 1.41. The topological polar surface area (TPSA) is 90.3 Å². The van der Waals surface area contributed by atoms with Gasteiger partial charge in [-0.3, -0.25) is 9.59 Å². The van der Waals surface area contributed by atoms with Gasteiger partial charge < -0.3 is 14.6 Å². The number of benzene rings is 1. The molecule has 0 radical (unpaired) electrons. The molecule has 0 aliphatic heterocycles. The number of fused-ring (bicyclic) bond motifs is 1. The van der Waals surface area contributed by atoms with Crippen LogP contribution in [0.4, 0.5) is 0 Å². The van der Waals surface area contributed by atoms with E-state index < -0.39 is 12.1 Å². The number of esters is 1. The van der Waals surface area contributed by atoms with Gasteiger partial charge in [-0.25, -0.2) is 9.78 Å². The van der Waals surface area contributed by atoms with Crippen molar-refractivity contribution < 1.29 is 14.3 Å². The SMILES string of the molecule is CCNC(=O)[C@@H](C)OC(=O)c1ccc2c(c1)nc(C)c(=O)n2CC. The number of carbonyl (C=O) groups is 2. The number of aryl methyl sites for hydroxylation is 2. The Labute approximate surface area is 139 Å². The second-order valence-electron chi connectivity index (χ2n) is 5.39. The summed E-state index contributed by atoms with van der Waals surface area (Å²) in [5, 5.41) is 2.59. The van der Waals surface area contributed by atoms with Gasteiger partial charge >= 0.3 is 5.97 Å². The molecule has 1 aromatic carbocycles. The Balaban J connectivity index is 2.34. The third kappa shape index (κ3) is 3.45. The molecule has 1 atom stereocenters. The monoisotopic (exact) mass is 331 g/mol. The first-order chi connectivity index (χ1) is 11.4. The summed E-state index contributed by atoms with van der Waals surface area (Å²) in [6.07, 6.45) is -0.882. The van der Waals surface area contributed by atoms with E-state index in [0.29, 0.717) is 29.8 Å². The van der Waals surface area contributed by atoms with Crippen LogP contribution in [0, 0.1) is 6.92 Å². The number of nitrogens with zero attached hydrogens (tertiary/aromatic N) is 2. The van der Waals surface area contributed by atoms with Crippen LogP contribution in [0.3, 0.4) is 0 Å². The maximum absolute atomic E-state index is 12.2. The average Bonchev–Trinajstić information content (AvgIpc) is 2.55. The highest BCUT2D eigenvalue weighted by molar-refractivity contribution is 5.95. The first-order valence-electron chi connectivity index (χ1n) is 7.88. The van der Waals surface area contributed by atoms with Gasteiger partial charge in [-0.05, 0) is 45.9 Å². The quantitative estimate of drug-likeness (QED) is 0.837. The molecule has 0 unspecified atom stereocenters. The molecule has 2 aromatic rings. The van der Waals surface area contributed by atoms with Crippen molar-refractivity contribution in [3.63, 3.8) is 0 Å². The van der Waals surface area contributed by atoms with E-state index in [1.165, 1.54) is 6.92 Å². The van der Waals surface area contributed by atoms with Gasteiger partial charge in [-0.15, -0.1) is 0 Å².